The maximum Gasteiger partial charge on any atom is 0.270 e. The first kappa shape index (κ1) is 18.5. The molecule has 0 spiro atoms. The van der Waals surface area contributed by atoms with Crippen molar-refractivity contribution >= 4 is 23.4 Å². The van der Waals surface area contributed by atoms with Crippen molar-refractivity contribution in [3.05, 3.63) is 57.9 Å². The van der Waals surface area contributed by atoms with Gasteiger partial charge >= 0.3 is 0 Å². The molecule has 0 bridgehead atoms. The van der Waals surface area contributed by atoms with Gasteiger partial charge in [0.1, 0.15) is 5.69 Å². The van der Waals surface area contributed by atoms with Gasteiger partial charge in [-0.25, -0.2) is 0 Å². The van der Waals surface area contributed by atoms with Crippen LogP contribution in [0.15, 0.2) is 30.3 Å². The van der Waals surface area contributed by atoms with Gasteiger partial charge in [-0.1, -0.05) is 29.8 Å². The lowest BCUT2D eigenvalue weighted by molar-refractivity contribution is -0.126. The molecule has 2 aromatic rings. The number of halogens is 1. The highest BCUT2D eigenvalue weighted by Gasteiger charge is 2.29. The number of aromatic amines is 1. The molecule has 6 heteroatoms. The lowest BCUT2D eigenvalue weighted by Crippen LogP contribution is -2.45. The fraction of sp³-hybridized carbons (Fsp3) is 0.400. The van der Waals surface area contributed by atoms with Crippen molar-refractivity contribution in [2.45, 2.75) is 33.2 Å². The first-order valence-electron chi connectivity index (χ1n) is 8.92. The van der Waals surface area contributed by atoms with Crippen molar-refractivity contribution in [1.29, 1.82) is 0 Å². The van der Waals surface area contributed by atoms with Crippen LogP contribution in [0, 0.1) is 19.8 Å². The first-order valence-corrected chi connectivity index (χ1v) is 9.30. The van der Waals surface area contributed by atoms with Crippen LogP contribution in [-0.2, 0) is 11.3 Å². The SMILES string of the molecule is Cc1cc(C)c(C(=O)N2CCC[C@@H](C(=O)NCc3ccccc3Cl)C2)[nH]1. The van der Waals surface area contributed by atoms with E-state index in [0.29, 0.717) is 30.4 Å². The fourth-order valence-electron chi connectivity index (χ4n) is 3.45. The molecular weight excluding hydrogens is 350 g/mol. The van der Waals surface area contributed by atoms with E-state index in [1.807, 2.05) is 44.2 Å². The summed E-state index contributed by atoms with van der Waals surface area (Å²) in [5.74, 6) is -0.243. The summed E-state index contributed by atoms with van der Waals surface area (Å²) >= 11 is 6.14. The lowest BCUT2D eigenvalue weighted by atomic mass is 9.96. The second kappa shape index (κ2) is 7.96. The van der Waals surface area contributed by atoms with Crippen molar-refractivity contribution in [1.82, 2.24) is 15.2 Å². The van der Waals surface area contributed by atoms with Crippen LogP contribution in [0.4, 0.5) is 0 Å². The summed E-state index contributed by atoms with van der Waals surface area (Å²) < 4.78 is 0. The third-order valence-electron chi connectivity index (χ3n) is 4.85. The van der Waals surface area contributed by atoms with Crippen LogP contribution in [0.3, 0.4) is 0 Å². The normalized spacial score (nSPS) is 17.2. The Kier molecular flexibility index (Phi) is 5.67. The molecule has 0 aliphatic carbocycles. The molecule has 1 atom stereocenters. The Bertz CT molecular complexity index is 815. The number of piperidine rings is 1. The molecule has 2 amide bonds. The molecule has 2 heterocycles. The molecular formula is C20H24ClN3O2. The molecule has 1 saturated heterocycles. The second-order valence-electron chi connectivity index (χ2n) is 6.91. The molecule has 1 aromatic carbocycles. The van der Waals surface area contributed by atoms with Gasteiger partial charge in [0.15, 0.2) is 0 Å². The lowest BCUT2D eigenvalue weighted by Gasteiger charge is -2.32. The molecule has 26 heavy (non-hydrogen) atoms. The predicted molar refractivity (Wildman–Crippen MR) is 102 cm³/mol. The van der Waals surface area contributed by atoms with E-state index in [4.69, 9.17) is 11.6 Å². The number of aromatic nitrogens is 1. The minimum Gasteiger partial charge on any atom is -0.354 e. The number of amides is 2. The van der Waals surface area contributed by atoms with Gasteiger partial charge in [0.05, 0.1) is 5.92 Å². The minimum absolute atomic E-state index is 0.0261. The van der Waals surface area contributed by atoms with E-state index < -0.39 is 0 Å². The van der Waals surface area contributed by atoms with Gasteiger partial charge in [0.2, 0.25) is 5.91 Å². The minimum atomic E-state index is -0.188. The van der Waals surface area contributed by atoms with E-state index in [9.17, 15) is 9.59 Å². The maximum absolute atomic E-state index is 12.8. The average molecular weight is 374 g/mol. The van der Waals surface area contributed by atoms with Crippen LogP contribution in [-0.4, -0.2) is 34.8 Å². The first-order chi connectivity index (χ1) is 12.5. The molecule has 1 aromatic heterocycles. The third kappa shape index (κ3) is 4.10. The highest BCUT2D eigenvalue weighted by Crippen LogP contribution is 2.21. The van der Waals surface area contributed by atoms with Gasteiger partial charge in [-0.15, -0.1) is 0 Å². The zero-order valence-electron chi connectivity index (χ0n) is 15.1. The zero-order chi connectivity index (χ0) is 18.7. The molecule has 0 radical (unpaired) electrons. The number of nitrogens with zero attached hydrogens (tertiary/aromatic N) is 1. The van der Waals surface area contributed by atoms with E-state index in [1.165, 1.54) is 0 Å². The summed E-state index contributed by atoms with van der Waals surface area (Å²) in [6.07, 6.45) is 1.62. The number of carbonyl (C=O) groups is 2. The summed E-state index contributed by atoms with van der Waals surface area (Å²) in [5, 5.41) is 3.60. The summed E-state index contributed by atoms with van der Waals surface area (Å²) in [7, 11) is 0. The van der Waals surface area contributed by atoms with Gasteiger partial charge in [0, 0.05) is 30.4 Å². The molecule has 1 aliphatic heterocycles. The van der Waals surface area contributed by atoms with E-state index >= 15 is 0 Å². The number of benzene rings is 1. The Morgan fingerprint density at radius 3 is 2.77 bits per heavy atom. The van der Waals surface area contributed by atoms with Gasteiger partial charge in [0.25, 0.3) is 5.91 Å². The van der Waals surface area contributed by atoms with E-state index in [2.05, 4.69) is 10.3 Å². The smallest absolute Gasteiger partial charge is 0.270 e. The summed E-state index contributed by atoms with van der Waals surface area (Å²) in [4.78, 5) is 30.2. The van der Waals surface area contributed by atoms with Crippen LogP contribution in [0.1, 0.15) is 40.2 Å². The van der Waals surface area contributed by atoms with Crippen LogP contribution in [0.25, 0.3) is 0 Å². The summed E-state index contributed by atoms with van der Waals surface area (Å²) in [6.45, 7) is 5.40. The quantitative estimate of drug-likeness (QED) is 0.862. The number of nitrogens with one attached hydrogen (secondary N) is 2. The van der Waals surface area contributed by atoms with Crippen molar-refractivity contribution in [3.63, 3.8) is 0 Å². The molecule has 0 unspecified atom stereocenters. The van der Waals surface area contributed by atoms with Crippen LogP contribution >= 0.6 is 11.6 Å². The number of likely N-dealkylation sites (tertiary alicyclic amines) is 1. The fourth-order valence-corrected chi connectivity index (χ4v) is 3.66. The van der Waals surface area contributed by atoms with Crippen molar-refractivity contribution < 1.29 is 9.59 Å². The molecule has 2 N–H and O–H groups in total. The van der Waals surface area contributed by atoms with Crippen LogP contribution < -0.4 is 5.32 Å². The predicted octanol–water partition coefficient (Wildman–Crippen LogP) is 3.45. The van der Waals surface area contributed by atoms with Crippen LogP contribution in [0.2, 0.25) is 5.02 Å². The summed E-state index contributed by atoms with van der Waals surface area (Å²) in [6, 6.07) is 9.43. The highest BCUT2D eigenvalue weighted by molar-refractivity contribution is 6.31. The van der Waals surface area contributed by atoms with Crippen LogP contribution in [0.5, 0.6) is 0 Å². The van der Waals surface area contributed by atoms with Gasteiger partial charge in [-0.3, -0.25) is 9.59 Å². The number of H-pyrrole nitrogens is 1. The molecule has 5 nitrogen and oxygen atoms in total. The monoisotopic (exact) mass is 373 g/mol. The zero-order valence-corrected chi connectivity index (χ0v) is 15.9. The third-order valence-corrected chi connectivity index (χ3v) is 5.22. The number of rotatable bonds is 4. The van der Waals surface area contributed by atoms with E-state index in [-0.39, 0.29) is 17.7 Å². The van der Waals surface area contributed by atoms with Gasteiger partial charge in [-0.05, 0) is 49.9 Å². The van der Waals surface area contributed by atoms with Crippen molar-refractivity contribution in [2.75, 3.05) is 13.1 Å². The number of hydrogen-bond acceptors (Lipinski definition) is 2. The molecule has 1 aliphatic rings. The molecule has 0 saturated carbocycles. The molecule has 1 fully saturated rings. The maximum atomic E-state index is 12.8. The Morgan fingerprint density at radius 1 is 1.31 bits per heavy atom. The van der Waals surface area contributed by atoms with Gasteiger partial charge < -0.3 is 15.2 Å². The van der Waals surface area contributed by atoms with Crippen molar-refractivity contribution in [3.8, 4) is 0 Å². The number of hydrogen-bond donors (Lipinski definition) is 2. The Hall–Kier alpha value is -2.27. The molecule has 3 rings (SSSR count). The van der Waals surface area contributed by atoms with E-state index in [1.54, 1.807) is 4.90 Å². The topological polar surface area (TPSA) is 65.2 Å². The Morgan fingerprint density at radius 2 is 2.08 bits per heavy atom. The second-order valence-corrected chi connectivity index (χ2v) is 7.32. The average Bonchev–Trinajstić information content (AvgIpc) is 2.98. The largest absolute Gasteiger partial charge is 0.354 e. The Labute approximate surface area is 158 Å². The number of carbonyl (C=O) groups excluding carboxylic acids is 2. The number of aryl methyl sites for hydroxylation is 2. The molecule has 138 valence electrons. The standard InChI is InChI=1S/C20H24ClN3O2/c1-13-10-14(2)23-18(13)20(26)24-9-5-7-16(12-24)19(25)22-11-15-6-3-4-8-17(15)21/h3-4,6,8,10,16,23H,5,7,9,11-12H2,1-2H3,(H,22,25)/t16-/m1/s1. The van der Waals surface area contributed by atoms with Gasteiger partial charge in [-0.2, -0.15) is 0 Å². The van der Waals surface area contributed by atoms with Crippen molar-refractivity contribution in [2.24, 2.45) is 5.92 Å². The summed E-state index contributed by atoms with van der Waals surface area (Å²) in [5.41, 5.74) is 3.43. The highest BCUT2D eigenvalue weighted by atomic mass is 35.5. The van der Waals surface area contributed by atoms with E-state index in [0.717, 1.165) is 29.7 Å². The Balaban J connectivity index is 1.61.